The molecule has 0 fully saturated rings. The molecule has 0 N–H and O–H groups in total. The Bertz CT molecular complexity index is 6090. The van der Waals surface area contributed by atoms with Gasteiger partial charge >= 0.3 is 0 Å². The van der Waals surface area contributed by atoms with E-state index in [-0.39, 0.29) is 0 Å². The average Bonchev–Trinajstić information content (AvgIpc) is 1.60. The summed E-state index contributed by atoms with van der Waals surface area (Å²) in [5.41, 5.74) is 25.0. The largest absolute Gasteiger partial charge is 0.309 e. The Kier molecular flexibility index (Phi) is 12.5. The third-order valence-corrected chi connectivity index (χ3v) is 19.4. The van der Waals surface area contributed by atoms with E-state index >= 15 is 0 Å². The summed E-state index contributed by atoms with van der Waals surface area (Å²) in [6, 6.07) is 122. The number of rotatable bonds is 10. The number of aromatic nitrogens is 6. The van der Waals surface area contributed by atoms with Gasteiger partial charge in [-0.2, -0.15) is 5.26 Å². The zero-order valence-corrected chi connectivity index (χ0v) is 51.9. The number of hydrogen-bond donors (Lipinski definition) is 0. The lowest BCUT2D eigenvalue weighted by molar-refractivity contribution is 1.13. The summed E-state index contributed by atoms with van der Waals surface area (Å²) in [4.78, 5) is 10.9. The molecule has 7 heteroatoms. The lowest BCUT2D eigenvalue weighted by Gasteiger charge is -2.17. The highest BCUT2D eigenvalue weighted by molar-refractivity contribution is 6.15. The van der Waals surface area contributed by atoms with Crippen LogP contribution in [0.1, 0.15) is 5.56 Å². The molecule has 0 spiro atoms. The predicted octanol–water partition coefficient (Wildman–Crippen LogP) is 22.7. The van der Waals surface area contributed by atoms with Gasteiger partial charge in [0.2, 0.25) is 0 Å². The van der Waals surface area contributed by atoms with Crippen molar-refractivity contribution >= 4 is 87.2 Å². The Morgan fingerprint density at radius 1 is 0.208 bits per heavy atom. The molecule has 446 valence electrons. The first-order valence-corrected chi connectivity index (χ1v) is 32.5. The van der Waals surface area contributed by atoms with Crippen LogP contribution in [-0.4, -0.2) is 28.2 Å². The van der Waals surface area contributed by atoms with Gasteiger partial charge in [-0.3, -0.25) is 0 Å². The van der Waals surface area contributed by atoms with Crippen molar-refractivity contribution in [3.63, 3.8) is 0 Å². The molecule has 96 heavy (non-hydrogen) atoms. The van der Waals surface area contributed by atoms with Gasteiger partial charge in [-0.25, -0.2) is 9.97 Å². The molecule has 0 aliphatic heterocycles. The number of benzene rings is 14. The fourth-order valence-corrected chi connectivity index (χ4v) is 14.9. The topological polar surface area (TPSA) is 69.3 Å². The van der Waals surface area contributed by atoms with Crippen LogP contribution in [-0.2, 0) is 0 Å². The maximum absolute atomic E-state index is 9.76. The molecule has 0 amide bonds. The highest BCUT2D eigenvalue weighted by Crippen LogP contribution is 2.43. The van der Waals surface area contributed by atoms with Gasteiger partial charge in [-0.15, -0.1) is 0 Å². The number of nitriles is 1. The van der Waals surface area contributed by atoms with Crippen molar-refractivity contribution in [2.24, 2.45) is 0 Å². The fraction of sp³-hybridized carbons (Fsp3) is 0. The van der Waals surface area contributed by atoms with E-state index in [1.165, 1.54) is 43.6 Å². The van der Waals surface area contributed by atoms with Crippen molar-refractivity contribution in [3.8, 4) is 96.1 Å². The molecule has 0 unspecified atom stereocenters. The maximum atomic E-state index is 9.76. The van der Waals surface area contributed by atoms with E-state index in [1.807, 2.05) is 30.3 Å². The molecule has 0 aliphatic carbocycles. The predicted molar refractivity (Wildman–Crippen MR) is 397 cm³/mol. The van der Waals surface area contributed by atoms with E-state index in [0.717, 1.165) is 128 Å². The van der Waals surface area contributed by atoms with Crippen LogP contribution in [0.25, 0.3) is 177 Å². The molecule has 19 aromatic rings. The van der Waals surface area contributed by atoms with Crippen molar-refractivity contribution in [2.45, 2.75) is 0 Å². The molecule has 14 aromatic carbocycles. The summed E-state index contributed by atoms with van der Waals surface area (Å²) in [6.45, 7) is 0. The smallest absolute Gasteiger partial charge is 0.160 e. The normalized spacial score (nSPS) is 11.7. The van der Waals surface area contributed by atoms with Gasteiger partial charge in [0, 0.05) is 82.5 Å². The van der Waals surface area contributed by atoms with Gasteiger partial charge in [-0.05, 0) is 167 Å². The van der Waals surface area contributed by atoms with Crippen LogP contribution >= 0.6 is 0 Å². The van der Waals surface area contributed by atoms with E-state index in [9.17, 15) is 5.26 Å². The Hall–Kier alpha value is -13.2. The minimum absolute atomic E-state index is 0.607. The van der Waals surface area contributed by atoms with E-state index in [0.29, 0.717) is 11.4 Å². The summed E-state index contributed by atoms with van der Waals surface area (Å²) in [7, 11) is 0. The van der Waals surface area contributed by atoms with E-state index in [1.54, 1.807) is 0 Å². The Labute approximate surface area is 552 Å². The SMILES string of the molecule is N#Cc1cccc(-c2ccc(-c3nc(-c4ccccc4)cc(-c4cc(-n5c6ccccc6c6cc(-c7ccc8c(c7)c7ccccc7n8-c7ccccc7)ccc65)cc(-n5c6ccccc6c6cc(-c7ccc8c(c7)c7ccccc7n8-c7ccccc7)ccc65)c4)n3)cc2)c1. The molecule has 0 aliphatic rings. The third-order valence-electron chi connectivity index (χ3n) is 19.4. The monoisotopic (exact) mass is 1220 g/mol. The van der Waals surface area contributed by atoms with Crippen LogP contribution in [0.4, 0.5) is 0 Å². The van der Waals surface area contributed by atoms with Crippen molar-refractivity contribution in [3.05, 3.63) is 339 Å². The zero-order valence-electron chi connectivity index (χ0n) is 51.9. The van der Waals surface area contributed by atoms with Gasteiger partial charge in [0.25, 0.3) is 0 Å². The van der Waals surface area contributed by atoms with Gasteiger partial charge in [-0.1, -0.05) is 200 Å². The van der Waals surface area contributed by atoms with Crippen molar-refractivity contribution in [2.75, 3.05) is 0 Å². The number of nitrogens with zero attached hydrogens (tertiary/aromatic N) is 7. The Morgan fingerprint density at radius 3 is 0.948 bits per heavy atom. The second-order valence-electron chi connectivity index (χ2n) is 24.8. The van der Waals surface area contributed by atoms with Gasteiger partial charge in [0.15, 0.2) is 5.82 Å². The third kappa shape index (κ3) is 8.89. The second kappa shape index (κ2) is 22.0. The minimum Gasteiger partial charge on any atom is -0.309 e. The molecule has 0 saturated carbocycles. The number of hydrogen-bond acceptors (Lipinski definition) is 3. The van der Waals surface area contributed by atoms with Crippen LogP contribution in [0, 0.1) is 11.3 Å². The molecule has 0 atom stereocenters. The highest BCUT2D eigenvalue weighted by atomic mass is 15.0. The lowest BCUT2D eigenvalue weighted by Crippen LogP contribution is -2.02. The summed E-state index contributed by atoms with van der Waals surface area (Å²) in [6.07, 6.45) is 0. The van der Waals surface area contributed by atoms with Crippen LogP contribution in [0.5, 0.6) is 0 Å². The first-order chi connectivity index (χ1) is 47.5. The molecule has 5 heterocycles. The van der Waals surface area contributed by atoms with Crippen LogP contribution in [0.2, 0.25) is 0 Å². The van der Waals surface area contributed by atoms with Gasteiger partial charge in [0.1, 0.15) is 0 Å². The Balaban J connectivity index is 0.811. The first-order valence-electron chi connectivity index (χ1n) is 32.5. The summed E-state index contributed by atoms with van der Waals surface area (Å²) in [5.74, 6) is 0.607. The highest BCUT2D eigenvalue weighted by Gasteiger charge is 2.22. The van der Waals surface area contributed by atoms with Crippen molar-refractivity contribution < 1.29 is 0 Å². The molecule has 0 radical (unpaired) electrons. The number of fused-ring (bicyclic) bond motifs is 12. The van der Waals surface area contributed by atoms with Crippen LogP contribution in [0.15, 0.2) is 334 Å². The molecule has 5 aromatic heterocycles. The second-order valence-corrected chi connectivity index (χ2v) is 24.8. The van der Waals surface area contributed by atoms with E-state index in [4.69, 9.17) is 9.97 Å². The van der Waals surface area contributed by atoms with Crippen molar-refractivity contribution in [1.29, 1.82) is 5.26 Å². The lowest BCUT2D eigenvalue weighted by atomic mass is 10.0. The minimum atomic E-state index is 0.607. The van der Waals surface area contributed by atoms with Gasteiger partial charge in [0.05, 0.1) is 67.2 Å². The van der Waals surface area contributed by atoms with E-state index in [2.05, 4.69) is 328 Å². The first kappa shape index (κ1) is 54.6. The van der Waals surface area contributed by atoms with Crippen LogP contribution in [0.3, 0.4) is 0 Å². The fourth-order valence-electron chi connectivity index (χ4n) is 14.9. The standard InChI is InChI=1S/C89H55N7/c90-56-57-19-18-22-61(47-57)58-35-37-60(38-36-58)89-91-79(59-20-4-1-5-21-59)55-80(92-89)66-48-69(95-83-33-16-12-29-73(83)77-52-64(41-45-87(77)95)62-39-43-85-75(50-62)71-27-10-14-31-81(71)93(85)67-23-6-2-7-24-67)54-70(49-66)96-84-34-17-13-30-74(84)78-53-65(42-46-88(78)96)63-40-44-86-76(51-63)72-28-11-15-32-82(72)94(86)68-25-8-3-9-26-68/h1-55H. The maximum Gasteiger partial charge on any atom is 0.160 e. The van der Waals surface area contributed by atoms with Crippen molar-refractivity contribution in [1.82, 2.24) is 28.2 Å². The molecular formula is C89H55N7. The van der Waals surface area contributed by atoms with Crippen LogP contribution < -0.4 is 0 Å². The Morgan fingerprint density at radius 2 is 0.531 bits per heavy atom. The summed E-state index contributed by atoms with van der Waals surface area (Å²) >= 11 is 0. The molecule has 7 nitrogen and oxygen atoms in total. The van der Waals surface area contributed by atoms with Gasteiger partial charge < -0.3 is 18.3 Å². The molecular weight excluding hydrogens is 1170 g/mol. The molecule has 19 rings (SSSR count). The summed E-state index contributed by atoms with van der Waals surface area (Å²) < 4.78 is 9.63. The quantitative estimate of drug-likeness (QED) is 0.137. The molecule has 0 bridgehead atoms. The zero-order chi connectivity index (χ0) is 63.4. The molecule has 0 saturated heterocycles. The number of para-hydroxylation sites is 6. The van der Waals surface area contributed by atoms with E-state index < -0.39 is 0 Å². The average molecular weight is 1220 g/mol. The summed E-state index contributed by atoms with van der Waals surface area (Å²) in [5, 5.41) is 19.3.